The molecule has 1 heterocycles. The van der Waals surface area contributed by atoms with Gasteiger partial charge in [0.15, 0.2) is 6.61 Å². The maximum Gasteiger partial charge on any atom is 0.422 e. The Morgan fingerprint density at radius 3 is 2.42 bits per heavy atom. The number of amides is 1. The van der Waals surface area contributed by atoms with Crippen molar-refractivity contribution in [3.8, 4) is 11.8 Å². The number of rotatable bonds is 7. The van der Waals surface area contributed by atoms with Gasteiger partial charge in [-0.1, -0.05) is 12.1 Å². The molecule has 0 bridgehead atoms. The van der Waals surface area contributed by atoms with Crippen LogP contribution in [0.15, 0.2) is 53.4 Å². The first-order valence-corrected chi connectivity index (χ1v) is 11.6. The molecule has 176 valence electrons. The highest BCUT2D eigenvalue weighted by atomic mass is 32.2. The zero-order valence-electron chi connectivity index (χ0n) is 17.5. The Morgan fingerprint density at radius 2 is 1.82 bits per heavy atom. The third kappa shape index (κ3) is 6.69. The van der Waals surface area contributed by atoms with E-state index in [1.807, 2.05) is 6.07 Å². The van der Waals surface area contributed by atoms with Gasteiger partial charge in [-0.15, -0.1) is 0 Å². The number of nitrogens with zero attached hydrogens (tertiary/aromatic N) is 2. The lowest BCUT2D eigenvalue weighted by atomic mass is 9.97. The van der Waals surface area contributed by atoms with E-state index in [0.29, 0.717) is 24.0 Å². The number of nitriles is 1. The van der Waals surface area contributed by atoms with Crippen molar-refractivity contribution in [1.82, 2.24) is 9.62 Å². The zero-order chi connectivity index (χ0) is 24.1. The molecule has 1 N–H and O–H groups in total. The van der Waals surface area contributed by atoms with Crippen LogP contribution in [0.25, 0.3) is 0 Å². The molecule has 1 aliphatic rings. The van der Waals surface area contributed by atoms with Gasteiger partial charge in [-0.05, 0) is 54.8 Å². The van der Waals surface area contributed by atoms with Crippen molar-refractivity contribution in [1.29, 1.82) is 5.26 Å². The van der Waals surface area contributed by atoms with Crippen LogP contribution in [0.3, 0.4) is 0 Å². The summed E-state index contributed by atoms with van der Waals surface area (Å²) in [5, 5.41) is 11.6. The van der Waals surface area contributed by atoms with Crippen molar-refractivity contribution in [2.75, 3.05) is 19.7 Å². The lowest BCUT2D eigenvalue weighted by molar-refractivity contribution is -0.153. The number of halogens is 3. The number of nitrogens with one attached hydrogen (secondary N) is 1. The van der Waals surface area contributed by atoms with Gasteiger partial charge in [0.05, 0.1) is 16.5 Å². The number of benzene rings is 2. The van der Waals surface area contributed by atoms with Gasteiger partial charge in [-0.25, -0.2) is 8.42 Å². The molecule has 1 amide bonds. The van der Waals surface area contributed by atoms with Crippen LogP contribution in [-0.4, -0.2) is 44.5 Å². The monoisotopic (exact) mass is 481 g/mol. The quantitative estimate of drug-likeness (QED) is 0.655. The number of piperidine rings is 1. The minimum atomic E-state index is -4.44. The van der Waals surface area contributed by atoms with E-state index in [2.05, 4.69) is 5.32 Å². The maximum atomic E-state index is 12.8. The van der Waals surface area contributed by atoms with E-state index < -0.39 is 22.8 Å². The van der Waals surface area contributed by atoms with Crippen LogP contribution in [0.1, 0.15) is 24.0 Å². The number of ether oxygens (including phenoxy) is 1. The minimum absolute atomic E-state index is 0.0559. The summed E-state index contributed by atoms with van der Waals surface area (Å²) in [5.41, 5.74) is 0.950. The molecule has 0 radical (unpaired) electrons. The summed E-state index contributed by atoms with van der Waals surface area (Å²) in [6.45, 7) is -0.916. The van der Waals surface area contributed by atoms with E-state index in [1.54, 1.807) is 12.1 Å². The van der Waals surface area contributed by atoms with Gasteiger partial charge >= 0.3 is 6.18 Å². The molecule has 7 nitrogen and oxygen atoms in total. The lowest BCUT2D eigenvalue weighted by Gasteiger charge is -2.30. The summed E-state index contributed by atoms with van der Waals surface area (Å²) in [4.78, 5) is 12.6. The third-order valence-electron chi connectivity index (χ3n) is 5.21. The third-order valence-corrected chi connectivity index (χ3v) is 7.13. The van der Waals surface area contributed by atoms with E-state index in [0.717, 1.165) is 0 Å². The van der Waals surface area contributed by atoms with Gasteiger partial charge in [0.1, 0.15) is 5.75 Å². The standard InChI is InChI=1S/C22H22F3N3O4S/c23-22(24,25)15-32-19-3-1-2-17(12-19)14-27-21(29)18-8-10-28(11-9-18)33(30,31)20-6-4-16(13-26)5-7-20/h1-7,12,18H,8-11,14-15H2,(H,27,29). The molecule has 33 heavy (non-hydrogen) atoms. The summed E-state index contributed by atoms with van der Waals surface area (Å²) < 4.78 is 68.5. The van der Waals surface area contributed by atoms with Crippen LogP contribution in [0.5, 0.6) is 5.75 Å². The van der Waals surface area contributed by atoms with E-state index in [-0.39, 0.29) is 42.1 Å². The molecule has 2 aromatic carbocycles. The first-order chi connectivity index (χ1) is 15.6. The average molecular weight is 481 g/mol. The number of alkyl halides is 3. The normalized spacial score (nSPS) is 15.6. The molecule has 11 heteroatoms. The predicted octanol–water partition coefficient (Wildman–Crippen LogP) is 3.22. The molecule has 1 aliphatic heterocycles. The fourth-order valence-corrected chi connectivity index (χ4v) is 4.92. The van der Waals surface area contributed by atoms with E-state index in [1.165, 1.54) is 40.7 Å². The SMILES string of the molecule is N#Cc1ccc(S(=O)(=O)N2CCC(C(=O)NCc3cccc(OCC(F)(F)F)c3)CC2)cc1. The Labute approximate surface area is 189 Å². The topological polar surface area (TPSA) is 99.5 Å². The molecule has 0 aromatic heterocycles. The first-order valence-electron chi connectivity index (χ1n) is 10.1. The largest absolute Gasteiger partial charge is 0.484 e. The Hall–Kier alpha value is -3.10. The second-order valence-corrected chi connectivity index (χ2v) is 9.52. The van der Waals surface area contributed by atoms with E-state index >= 15 is 0 Å². The number of hydrogen-bond acceptors (Lipinski definition) is 5. The van der Waals surface area contributed by atoms with Crippen molar-refractivity contribution in [2.24, 2.45) is 5.92 Å². The average Bonchev–Trinajstić information content (AvgIpc) is 2.81. The summed E-state index contributed by atoms with van der Waals surface area (Å²) >= 11 is 0. The molecular weight excluding hydrogens is 459 g/mol. The second kappa shape index (κ2) is 10.2. The van der Waals surface area contributed by atoms with Crippen LogP contribution >= 0.6 is 0 Å². The highest BCUT2D eigenvalue weighted by molar-refractivity contribution is 7.89. The lowest BCUT2D eigenvalue weighted by Crippen LogP contribution is -2.42. The van der Waals surface area contributed by atoms with Gasteiger partial charge in [-0.2, -0.15) is 22.7 Å². The smallest absolute Gasteiger partial charge is 0.422 e. The summed E-state index contributed by atoms with van der Waals surface area (Å²) in [5.74, 6) is -0.561. The summed E-state index contributed by atoms with van der Waals surface area (Å²) in [6.07, 6.45) is -3.75. The van der Waals surface area contributed by atoms with Crippen molar-refractivity contribution < 1.29 is 31.1 Å². The molecule has 2 aromatic rings. The fourth-order valence-electron chi connectivity index (χ4n) is 3.45. The molecule has 0 spiro atoms. The number of hydrogen-bond donors (Lipinski definition) is 1. The van der Waals surface area contributed by atoms with Crippen LogP contribution in [0.2, 0.25) is 0 Å². The Kier molecular flexibility index (Phi) is 7.61. The predicted molar refractivity (Wildman–Crippen MR) is 112 cm³/mol. The van der Waals surface area contributed by atoms with Crippen LogP contribution in [0, 0.1) is 17.2 Å². The van der Waals surface area contributed by atoms with E-state index in [4.69, 9.17) is 10.00 Å². The van der Waals surface area contributed by atoms with E-state index in [9.17, 15) is 26.4 Å². The molecular formula is C22H22F3N3O4S. The number of sulfonamides is 1. The molecule has 3 rings (SSSR count). The van der Waals surface area contributed by atoms with Gasteiger partial charge in [0, 0.05) is 25.6 Å². The summed E-state index contributed by atoms with van der Waals surface area (Å²) in [7, 11) is -3.71. The molecule has 1 saturated heterocycles. The van der Waals surface area contributed by atoms with Crippen LogP contribution < -0.4 is 10.1 Å². The maximum absolute atomic E-state index is 12.8. The van der Waals surface area contributed by atoms with Gasteiger partial charge in [0.25, 0.3) is 0 Å². The molecule has 0 aliphatic carbocycles. The van der Waals surface area contributed by atoms with Crippen LogP contribution in [-0.2, 0) is 21.4 Å². The van der Waals surface area contributed by atoms with Gasteiger partial charge < -0.3 is 10.1 Å². The molecule has 0 saturated carbocycles. The molecule has 1 fully saturated rings. The molecule has 0 atom stereocenters. The highest BCUT2D eigenvalue weighted by Gasteiger charge is 2.32. The Morgan fingerprint density at radius 1 is 1.15 bits per heavy atom. The van der Waals surface area contributed by atoms with Gasteiger partial charge in [-0.3, -0.25) is 4.79 Å². The fraction of sp³-hybridized carbons (Fsp3) is 0.364. The summed E-state index contributed by atoms with van der Waals surface area (Å²) in [6, 6.07) is 13.6. The first kappa shape index (κ1) is 24.5. The number of carbonyl (C=O) groups is 1. The Balaban J connectivity index is 1.51. The minimum Gasteiger partial charge on any atom is -0.484 e. The van der Waals surface area contributed by atoms with Gasteiger partial charge in [0.2, 0.25) is 15.9 Å². The highest BCUT2D eigenvalue weighted by Crippen LogP contribution is 2.25. The second-order valence-electron chi connectivity index (χ2n) is 7.58. The molecule has 0 unspecified atom stereocenters. The van der Waals surface area contributed by atoms with Crippen molar-refractivity contribution in [3.05, 3.63) is 59.7 Å². The number of carbonyl (C=O) groups excluding carboxylic acids is 1. The van der Waals surface area contributed by atoms with Crippen molar-refractivity contribution in [2.45, 2.75) is 30.5 Å². The Bertz CT molecular complexity index is 1120. The van der Waals surface area contributed by atoms with Crippen molar-refractivity contribution in [3.63, 3.8) is 0 Å². The zero-order valence-corrected chi connectivity index (χ0v) is 18.3. The van der Waals surface area contributed by atoms with Crippen LogP contribution in [0.4, 0.5) is 13.2 Å². The van der Waals surface area contributed by atoms with Crippen molar-refractivity contribution >= 4 is 15.9 Å².